The Kier molecular flexibility index (Phi) is 6.34. The summed E-state index contributed by atoms with van der Waals surface area (Å²) in [6.45, 7) is 5.13. The fourth-order valence-corrected chi connectivity index (χ4v) is 2.56. The van der Waals surface area contributed by atoms with Crippen LogP contribution in [-0.2, 0) is 4.74 Å². The normalized spacial score (nSPS) is 14.7. The molecular formula is C18H23N5O3. The minimum Gasteiger partial charge on any atom is -0.497 e. The molecule has 138 valence electrons. The minimum absolute atomic E-state index is 0.255. The summed E-state index contributed by atoms with van der Waals surface area (Å²) in [6.07, 6.45) is 3.03. The van der Waals surface area contributed by atoms with Crippen LogP contribution in [0.3, 0.4) is 0 Å². The molecule has 0 saturated carbocycles. The fraction of sp³-hybridized carbons (Fsp3) is 0.389. The molecule has 1 amide bonds. The van der Waals surface area contributed by atoms with E-state index in [1.54, 1.807) is 31.4 Å². The Labute approximate surface area is 152 Å². The second kappa shape index (κ2) is 9.12. The van der Waals surface area contributed by atoms with E-state index in [1.165, 1.54) is 12.4 Å². The molecule has 2 N–H and O–H groups in total. The number of anilines is 2. The summed E-state index contributed by atoms with van der Waals surface area (Å²) in [5.41, 5.74) is 1.09. The van der Waals surface area contributed by atoms with Crippen molar-refractivity contribution in [1.29, 1.82) is 0 Å². The van der Waals surface area contributed by atoms with Crippen LogP contribution >= 0.6 is 0 Å². The first-order valence-electron chi connectivity index (χ1n) is 8.56. The van der Waals surface area contributed by atoms with E-state index in [0.717, 1.165) is 45.1 Å². The molecule has 3 rings (SSSR count). The molecule has 1 aliphatic rings. The van der Waals surface area contributed by atoms with Gasteiger partial charge in [0, 0.05) is 44.3 Å². The predicted octanol–water partition coefficient (Wildman–Crippen LogP) is 1.48. The van der Waals surface area contributed by atoms with Crippen LogP contribution in [0.2, 0.25) is 0 Å². The van der Waals surface area contributed by atoms with Crippen molar-refractivity contribution in [3.05, 3.63) is 42.2 Å². The molecule has 0 radical (unpaired) electrons. The summed E-state index contributed by atoms with van der Waals surface area (Å²) in [4.78, 5) is 23.0. The first-order valence-corrected chi connectivity index (χ1v) is 8.56. The number of ether oxygens (including phenoxy) is 2. The Morgan fingerprint density at radius 1 is 1.19 bits per heavy atom. The highest BCUT2D eigenvalue weighted by Gasteiger charge is 2.10. The number of amides is 1. The summed E-state index contributed by atoms with van der Waals surface area (Å²) >= 11 is 0. The van der Waals surface area contributed by atoms with Crippen molar-refractivity contribution in [1.82, 2.24) is 14.9 Å². The fourth-order valence-electron chi connectivity index (χ4n) is 2.56. The summed E-state index contributed by atoms with van der Waals surface area (Å²) in [6, 6.07) is 7.12. The van der Waals surface area contributed by atoms with Crippen molar-refractivity contribution >= 4 is 17.5 Å². The van der Waals surface area contributed by atoms with Crippen molar-refractivity contribution in [3.63, 3.8) is 0 Å². The maximum atomic E-state index is 12.2. The van der Waals surface area contributed by atoms with Gasteiger partial charge < -0.3 is 20.1 Å². The molecule has 0 atom stereocenters. The van der Waals surface area contributed by atoms with Crippen molar-refractivity contribution in [2.75, 3.05) is 57.1 Å². The number of carbonyl (C=O) groups is 1. The van der Waals surface area contributed by atoms with Crippen LogP contribution in [0.4, 0.5) is 11.6 Å². The first kappa shape index (κ1) is 18.1. The van der Waals surface area contributed by atoms with Gasteiger partial charge in [0.15, 0.2) is 0 Å². The van der Waals surface area contributed by atoms with Crippen LogP contribution < -0.4 is 15.4 Å². The van der Waals surface area contributed by atoms with Gasteiger partial charge in [-0.1, -0.05) is 0 Å². The van der Waals surface area contributed by atoms with Gasteiger partial charge >= 0.3 is 0 Å². The third kappa shape index (κ3) is 5.14. The zero-order valence-electron chi connectivity index (χ0n) is 14.8. The zero-order valence-corrected chi connectivity index (χ0v) is 14.8. The highest BCUT2D eigenvalue weighted by atomic mass is 16.5. The first-order chi connectivity index (χ1) is 12.7. The molecule has 1 aromatic carbocycles. The Balaban J connectivity index is 1.47. The van der Waals surface area contributed by atoms with E-state index in [0.29, 0.717) is 17.2 Å². The summed E-state index contributed by atoms with van der Waals surface area (Å²) in [7, 11) is 1.60. The van der Waals surface area contributed by atoms with Crippen molar-refractivity contribution in [3.8, 4) is 5.75 Å². The quantitative estimate of drug-likeness (QED) is 0.776. The molecule has 1 saturated heterocycles. The number of hydrogen-bond acceptors (Lipinski definition) is 7. The van der Waals surface area contributed by atoms with Gasteiger partial charge in [-0.25, -0.2) is 9.97 Å². The molecule has 1 aliphatic heterocycles. The largest absolute Gasteiger partial charge is 0.497 e. The van der Waals surface area contributed by atoms with E-state index in [-0.39, 0.29) is 5.91 Å². The van der Waals surface area contributed by atoms with E-state index >= 15 is 0 Å². The van der Waals surface area contributed by atoms with E-state index in [9.17, 15) is 4.79 Å². The van der Waals surface area contributed by atoms with E-state index in [2.05, 4.69) is 25.5 Å². The summed E-state index contributed by atoms with van der Waals surface area (Å²) < 4.78 is 10.4. The van der Waals surface area contributed by atoms with Crippen LogP contribution in [-0.4, -0.2) is 67.3 Å². The average molecular weight is 357 g/mol. The van der Waals surface area contributed by atoms with Crippen LogP contribution in [0.25, 0.3) is 0 Å². The number of benzene rings is 1. The average Bonchev–Trinajstić information content (AvgIpc) is 2.70. The van der Waals surface area contributed by atoms with E-state index < -0.39 is 0 Å². The van der Waals surface area contributed by atoms with Crippen molar-refractivity contribution in [2.24, 2.45) is 0 Å². The molecule has 8 heteroatoms. The Morgan fingerprint density at radius 3 is 2.54 bits per heavy atom. The van der Waals surface area contributed by atoms with Gasteiger partial charge in [-0.15, -0.1) is 0 Å². The standard InChI is InChI=1S/C18H23N5O3/c1-25-16-4-2-15(3-5-16)22-17(24)14-12-20-18(21-13-14)19-6-7-23-8-10-26-11-9-23/h2-5,12-13H,6-11H2,1H3,(H,22,24)(H,19,20,21). The molecule has 8 nitrogen and oxygen atoms in total. The molecule has 2 heterocycles. The van der Waals surface area contributed by atoms with Crippen molar-refractivity contribution < 1.29 is 14.3 Å². The molecule has 0 aliphatic carbocycles. The molecule has 0 bridgehead atoms. The van der Waals surface area contributed by atoms with Crippen LogP contribution in [0.5, 0.6) is 5.75 Å². The smallest absolute Gasteiger partial charge is 0.258 e. The lowest BCUT2D eigenvalue weighted by Crippen LogP contribution is -2.39. The third-order valence-corrected chi connectivity index (χ3v) is 4.08. The minimum atomic E-state index is -0.255. The van der Waals surface area contributed by atoms with E-state index in [1.807, 2.05) is 0 Å². The maximum absolute atomic E-state index is 12.2. The van der Waals surface area contributed by atoms with Crippen LogP contribution in [0.15, 0.2) is 36.7 Å². The topological polar surface area (TPSA) is 88.6 Å². The van der Waals surface area contributed by atoms with Gasteiger partial charge in [0.25, 0.3) is 5.91 Å². The lowest BCUT2D eigenvalue weighted by atomic mass is 10.2. The Morgan fingerprint density at radius 2 is 1.88 bits per heavy atom. The monoisotopic (exact) mass is 357 g/mol. The number of methoxy groups -OCH3 is 1. The summed E-state index contributed by atoms with van der Waals surface area (Å²) in [5.74, 6) is 0.994. The number of nitrogens with zero attached hydrogens (tertiary/aromatic N) is 3. The molecule has 0 spiro atoms. The van der Waals surface area contributed by atoms with Gasteiger partial charge in [-0.3, -0.25) is 9.69 Å². The molecule has 26 heavy (non-hydrogen) atoms. The second-order valence-corrected chi connectivity index (χ2v) is 5.86. The Bertz CT molecular complexity index is 700. The predicted molar refractivity (Wildman–Crippen MR) is 98.7 cm³/mol. The zero-order chi connectivity index (χ0) is 18.2. The van der Waals surface area contributed by atoms with Crippen molar-refractivity contribution in [2.45, 2.75) is 0 Å². The number of nitrogens with one attached hydrogen (secondary N) is 2. The Hall–Kier alpha value is -2.71. The van der Waals surface area contributed by atoms with Gasteiger partial charge in [0.05, 0.1) is 25.9 Å². The number of carbonyl (C=O) groups excluding carboxylic acids is 1. The summed E-state index contributed by atoms with van der Waals surface area (Å²) in [5, 5.41) is 5.97. The third-order valence-electron chi connectivity index (χ3n) is 4.08. The molecule has 2 aromatic rings. The van der Waals surface area contributed by atoms with Gasteiger partial charge in [0.2, 0.25) is 5.95 Å². The highest BCUT2D eigenvalue weighted by Crippen LogP contribution is 2.15. The lowest BCUT2D eigenvalue weighted by molar-refractivity contribution is 0.0398. The van der Waals surface area contributed by atoms with E-state index in [4.69, 9.17) is 9.47 Å². The molecule has 0 unspecified atom stereocenters. The van der Waals surface area contributed by atoms with Gasteiger partial charge in [-0.05, 0) is 24.3 Å². The maximum Gasteiger partial charge on any atom is 0.258 e. The molecule has 1 aromatic heterocycles. The molecule has 1 fully saturated rings. The van der Waals surface area contributed by atoms with Crippen LogP contribution in [0, 0.1) is 0 Å². The number of aromatic nitrogens is 2. The molecular weight excluding hydrogens is 334 g/mol. The number of morpholine rings is 1. The number of rotatable bonds is 7. The SMILES string of the molecule is COc1ccc(NC(=O)c2cnc(NCCN3CCOCC3)nc2)cc1. The van der Waals surface area contributed by atoms with Gasteiger partial charge in [0.1, 0.15) is 5.75 Å². The number of hydrogen-bond donors (Lipinski definition) is 2. The van der Waals surface area contributed by atoms with Crippen LogP contribution in [0.1, 0.15) is 10.4 Å². The highest BCUT2D eigenvalue weighted by molar-refractivity contribution is 6.03. The lowest BCUT2D eigenvalue weighted by Gasteiger charge is -2.26. The van der Waals surface area contributed by atoms with Gasteiger partial charge in [-0.2, -0.15) is 0 Å². The second-order valence-electron chi connectivity index (χ2n) is 5.86.